The summed E-state index contributed by atoms with van der Waals surface area (Å²) < 4.78 is 2.02. The number of nitrogens with zero attached hydrogens (tertiary/aromatic N) is 3. The lowest BCUT2D eigenvalue weighted by molar-refractivity contribution is 0.282. The fourth-order valence-corrected chi connectivity index (χ4v) is 2.88. The second-order valence-corrected chi connectivity index (χ2v) is 5.56. The average molecular weight is 316 g/mol. The van der Waals surface area contributed by atoms with E-state index in [1.165, 1.54) is 6.33 Å². The summed E-state index contributed by atoms with van der Waals surface area (Å²) in [6.45, 7) is 0.0251. The van der Waals surface area contributed by atoms with Crippen molar-refractivity contribution < 1.29 is 5.11 Å². The molecule has 0 aliphatic heterocycles. The molecule has 4 aromatic rings. The van der Waals surface area contributed by atoms with Crippen molar-refractivity contribution in [1.82, 2.24) is 14.5 Å². The highest BCUT2D eigenvalue weighted by Crippen LogP contribution is 2.34. The molecule has 0 radical (unpaired) electrons. The highest BCUT2D eigenvalue weighted by atomic mass is 16.3. The number of anilines is 1. The van der Waals surface area contributed by atoms with Gasteiger partial charge in [0.2, 0.25) is 0 Å². The zero-order valence-electron chi connectivity index (χ0n) is 12.9. The summed E-state index contributed by atoms with van der Waals surface area (Å²) in [5.74, 6) is 0.455. The number of aliphatic hydroxyl groups is 1. The van der Waals surface area contributed by atoms with E-state index in [-0.39, 0.29) is 6.61 Å². The maximum atomic E-state index is 9.22. The predicted octanol–water partition coefficient (Wildman–Crippen LogP) is 3.16. The lowest BCUT2D eigenvalue weighted by atomic mass is 10.0. The van der Waals surface area contributed by atoms with Crippen molar-refractivity contribution in [2.24, 2.45) is 0 Å². The standard InChI is InChI=1S/C19H16N4O/c20-18-17-16(14-8-6-13(11-24)7-9-14)10-23(19(17)22-12-21-18)15-4-2-1-3-5-15/h1-10,12,24H,11H2,(H2,20,21,22). The number of nitrogen functional groups attached to an aromatic ring is 1. The minimum atomic E-state index is 0.0251. The fourth-order valence-electron chi connectivity index (χ4n) is 2.88. The van der Waals surface area contributed by atoms with Gasteiger partial charge in [-0.3, -0.25) is 0 Å². The van der Waals surface area contributed by atoms with E-state index >= 15 is 0 Å². The quantitative estimate of drug-likeness (QED) is 0.608. The largest absolute Gasteiger partial charge is 0.392 e. The van der Waals surface area contributed by atoms with Crippen LogP contribution in [0.25, 0.3) is 27.8 Å². The van der Waals surface area contributed by atoms with E-state index in [1.807, 2.05) is 65.4 Å². The Balaban J connectivity index is 1.98. The van der Waals surface area contributed by atoms with Crippen molar-refractivity contribution in [2.45, 2.75) is 6.61 Å². The van der Waals surface area contributed by atoms with Gasteiger partial charge in [-0.25, -0.2) is 9.97 Å². The Morgan fingerprint density at radius 1 is 0.958 bits per heavy atom. The van der Waals surface area contributed by atoms with Crippen LogP contribution in [0.15, 0.2) is 67.1 Å². The van der Waals surface area contributed by atoms with Gasteiger partial charge in [0.15, 0.2) is 5.65 Å². The molecule has 0 spiro atoms. The summed E-state index contributed by atoms with van der Waals surface area (Å²) in [6.07, 6.45) is 3.51. The number of aromatic nitrogens is 3. The molecule has 24 heavy (non-hydrogen) atoms. The van der Waals surface area contributed by atoms with Crippen molar-refractivity contribution >= 4 is 16.9 Å². The number of nitrogens with two attached hydrogens (primary N) is 1. The molecule has 0 atom stereocenters. The van der Waals surface area contributed by atoms with Gasteiger partial charge < -0.3 is 15.4 Å². The Kier molecular flexibility index (Phi) is 3.48. The van der Waals surface area contributed by atoms with E-state index in [4.69, 9.17) is 5.73 Å². The summed E-state index contributed by atoms with van der Waals surface area (Å²) in [5.41, 5.74) is 10.8. The zero-order valence-corrected chi connectivity index (χ0v) is 12.9. The van der Waals surface area contributed by atoms with Gasteiger partial charge in [0.05, 0.1) is 12.0 Å². The minimum absolute atomic E-state index is 0.0251. The van der Waals surface area contributed by atoms with E-state index in [1.54, 1.807) is 0 Å². The maximum Gasteiger partial charge on any atom is 0.150 e. The lowest BCUT2D eigenvalue weighted by Crippen LogP contribution is -1.96. The van der Waals surface area contributed by atoms with Crippen molar-refractivity contribution in [2.75, 3.05) is 5.73 Å². The van der Waals surface area contributed by atoms with Gasteiger partial charge in [0, 0.05) is 17.4 Å². The third-order valence-electron chi connectivity index (χ3n) is 4.09. The highest BCUT2D eigenvalue weighted by molar-refractivity contribution is 6.01. The monoisotopic (exact) mass is 316 g/mol. The lowest BCUT2D eigenvalue weighted by Gasteiger charge is -2.03. The Hall–Kier alpha value is -3.18. The molecule has 0 aliphatic carbocycles. The highest BCUT2D eigenvalue weighted by Gasteiger charge is 2.15. The number of fused-ring (bicyclic) bond motifs is 1. The summed E-state index contributed by atoms with van der Waals surface area (Å²) in [6, 6.07) is 17.8. The van der Waals surface area contributed by atoms with E-state index in [0.717, 1.165) is 33.4 Å². The number of hydrogen-bond donors (Lipinski definition) is 2. The van der Waals surface area contributed by atoms with Gasteiger partial charge in [0.1, 0.15) is 12.1 Å². The molecule has 0 saturated heterocycles. The molecule has 5 heteroatoms. The minimum Gasteiger partial charge on any atom is -0.392 e. The fraction of sp³-hybridized carbons (Fsp3) is 0.0526. The molecule has 118 valence electrons. The predicted molar refractivity (Wildman–Crippen MR) is 94.6 cm³/mol. The summed E-state index contributed by atoms with van der Waals surface area (Å²) in [5, 5.41) is 10.1. The van der Waals surface area contributed by atoms with E-state index in [2.05, 4.69) is 9.97 Å². The molecule has 0 amide bonds. The number of rotatable bonds is 3. The van der Waals surface area contributed by atoms with Crippen LogP contribution in [0, 0.1) is 0 Å². The first-order valence-electron chi connectivity index (χ1n) is 7.65. The molecule has 0 unspecified atom stereocenters. The molecule has 5 nitrogen and oxygen atoms in total. The Labute approximate surface area is 139 Å². The van der Waals surface area contributed by atoms with Crippen molar-refractivity contribution in [1.29, 1.82) is 0 Å². The SMILES string of the molecule is Nc1ncnc2c1c(-c1ccc(CO)cc1)cn2-c1ccccc1. The van der Waals surface area contributed by atoms with Crippen LogP contribution in [-0.2, 0) is 6.61 Å². The molecular formula is C19H16N4O. The molecule has 2 aromatic heterocycles. The smallest absolute Gasteiger partial charge is 0.150 e. The van der Waals surface area contributed by atoms with Crippen molar-refractivity contribution in [3.05, 3.63) is 72.7 Å². The molecule has 3 N–H and O–H groups in total. The van der Waals surface area contributed by atoms with Gasteiger partial charge in [-0.1, -0.05) is 42.5 Å². The van der Waals surface area contributed by atoms with Crippen LogP contribution in [0.2, 0.25) is 0 Å². The van der Waals surface area contributed by atoms with Crippen LogP contribution in [0.1, 0.15) is 5.56 Å². The first kappa shape index (κ1) is 14.4. The van der Waals surface area contributed by atoms with Crippen LogP contribution in [-0.4, -0.2) is 19.6 Å². The van der Waals surface area contributed by atoms with Gasteiger partial charge in [-0.15, -0.1) is 0 Å². The molecule has 2 heterocycles. The second-order valence-electron chi connectivity index (χ2n) is 5.56. The van der Waals surface area contributed by atoms with Gasteiger partial charge in [-0.2, -0.15) is 0 Å². The Morgan fingerprint density at radius 3 is 2.42 bits per heavy atom. The molecule has 2 aromatic carbocycles. The van der Waals surface area contributed by atoms with E-state index < -0.39 is 0 Å². The Morgan fingerprint density at radius 2 is 1.71 bits per heavy atom. The molecule has 0 fully saturated rings. The van der Waals surface area contributed by atoms with Crippen LogP contribution in [0.4, 0.5) is 5.82 Å². The number of para-hydroxylation sites is 1. The van der Waals surface area contributed by atoms with Crippen LogP contribution in [0.5, 0.6) is 0 Å². The number of benzene rings is 2. The summed E-state index contributed by atoms with van der Waals surface area (Å²) in [7, 11) is 0. The summed E-state index contributed by atoms with van der Waals surface area (Å²) in [4.78, 5) is 8.58. The maximum absolute atomic E-state index is 9.22. The molecule has 0 saturated carbocycles. The van der Waals surface area contributed by atoms with Gasteiger partial charge >= 0.3 is 0 Å². The molecule has 0 aliphatic rings. The van der Waals surface area contributed by atoms with Crippen LogP contribution < -0.4 is 5.73 Å². The van der Waals surface area contributed by atoms with Crippen LogP contribution in [0.3, 0.4) is 0 Å². The third kappa shape index (κ3) is 2.31. The average Bonchev–Trinajstić information content (AvgIpc) is 3.04. The van der Waals surface area contributed by atoms with Crippen LogP contribution >= 0.6 is 0 Å². The number of aliphatic hydroxyl groups excluding tert-OH is 1. The second kappa shape index (κ2) is 5.79. The van der Waals surface area contributed by atoms with E-state index in [0.29, 0.717) is 5.82 Å². The van der Waals surface area contributed by atoms with Gasteiger partial charge in [-0.05, 0) is 23.3 Å². The zero-order chi connectivity index (χ0) is 16.5. The topological polar surface area (TPSA) is 77.0 Å². The first-order valence-corrected chi connectivity index (χ1v) is 7.65. The van der Waals surface area contributed by atoms with Crippen molar-refractivity contribution in [3.8, 4) is 16.8 Å². The molecule has 0 bridgehead atoms. The Bertz CT molecular complexity index is 991. The summed E-state index contributed by atoms with van der Waals surface area (Å²) >= 11 is 0. The normalized spacial score (nSPS) is 11.0. The first-order chi connectivity index (χ1) is 11.8. The third-order valence-corrected chi connectivity index (χ3v) is 4.09. The van der Waals surface area contributed by atoms with Gasteiger partial charge in [0.25, 0.3) is 0 Å². The molecule has 4 rings (SSSR count). The number of hydrogen-bond acceptors (Lipinski definition) is 4. The van der Waals surface area contributed by atoms with Crippen molar-refractivity contribution in [3.63, 3.8) is 0 Å². The molecular weight excluding hydrogens is 300 g/mol. The van der Waals surface area contributed by atoms with E-state index in [9.17, 15) is 5.11 Å².